The molecule has 2 heterocycles. The Morgan fingerprint density at radius 1 is 1.24 bits per heavy atom. The fraction of sp³-hybridized carbons (Fsp3) is 0.143. The molecule has 0 aromatic carbocycles. The lowest BCUT2D eigenvalue weighted by atomic mass is 9.92. The zero-order valence-corrected chi connectivity index (χ0v) is 10.0. The molecule has 0 fully saturated rings. The molecule has 2 aromatic heterocycles. The van der Waals surface area contributed by atoms with E-state index < -0.39 is 0 Å². The van der Waals surface area contributed by atoms with Gasteiger partial charge in [-0.2, -0.15) is 0 Å². The highest BCUT2D eigenvalue weighted by Gasteiger charge is 2.22. The molecular formula is C14H11NOS. The minimum Gasteiger partial charge on any atom is -0.289 e. The van der Waals surface area contributed by atoms with Gasteiger partial charge in [-0.25, -0.2) is 0 Å². The van der Waals surface area contributed by atoms with Crippen molar-refractivity contribution in [3.63, 3.8) is 0 Å². The lowest BCUT2D eigenvalue weighted by molar-refractivity contribution is 0.102. The standard InChI is InChI=1S/C14H11NOS/c16-14-10(9-11-3-1-2-7-15-11)4-5-13-12(14)6-8-17-13/h1-3,6-9H,4-5H2. The summed E-state index contributed by atoms with van der Waals surface area (Å²) < 4.78 is 0. The van der Waals surface area contributed by atoms with E-state index in [2.05, 4.69) is 4.98 Å². The number of aryl methyl sites for hydroxylation is 1. The van der Waals surface area contributed by atoms with Gasteiger partial charge in [-0.05, 0) is 42.5 Å². The number of carbonyl (C=O) groups is 1. The maximum absolute atomic E-state index is 12.2. The summed E-state index contributed by atoms with van der Waals surface area (Å²) >= 11 is 1.67. The fourth-order valence-corrected chi connectivity index (χ4v) is 2.92. The number of hydrogen-bond acceptors (Lipinski definition) is 3. The van der Waals surface area contributed by atoms with E-state index in [1.807, 2.05) is 35.7 Å². The molecule has 0 saturated carbocycles. The van der Waals surface area contributed by atoms with Crippen LogP contribution in [0.3, 0.4) is 0 Å². The number of rotatable bonds is 1. The van der Waals surface area contributed by atoms with Gasteiger partial charge < -0.3 is 0 Å². The van der Waals surface area contributed by atoms with Crippen LogP contribution in [0.2, 0.25) is 0 Å². The number of Topliss-reactive ketones (excluding diaryl/α,β-unsaturated/α-hetero) is 1. The van der Waals surface area contributed by atoms with Gasteiger partial charge in [0.25, 0.3) is 0 Å². The van der Waals surface area contributed by atoms with Crippen LogP contribution in [0.5, 0.6) is 0 Å². The van der Waals surface area contributed by atoms with Crippen LogP contribution in [0.25, 0.3) is 6.08 Å². The molecule has 84 valence electrons. The van der Waals surface area contributed by atoms with Crippen molar-refractivity contribution in [3.8, 4) is 0 Å². The Hall–Kier alpha value is -1.74. The molecule has 0 radical (unpaired) electrons. The van der Waals surface area contributed by atoms with E-state index in [0.717, 1.165) is 29.7 Å². The number of aromatic nitrogens is 1. The third-order valence-corrected chi connectivity index (χ3v) is 3.89. The highest BCUT2D eigenvalue weighted by molar-refractivity contribution is 7.10. The summed E-state index contributed by atoms with van der Waals surface area (Å²) in [6, 6.07) is 7.65. The van der Waals surface area contributed by atoms with Gasteiger partial charge in [0.05, 0.1) is 5.69 Å². The number of ketones is 1. The largest absolute Gasteiger partial charge is 0.289 e. The summed E-state index contributed by atoms with van der Waals surface area (Å²) in [5.74, 6) is 0.165. The van der Waals surface area contributed by atoms with Gasteiger partial charge in [-0.3, -0.25) is 9.78 Å². The molecule has 0 unspecified atom stereocenters. The van der Waals surface area contributed by atoms with Gasteiger partial charge in [0.2, 0.25) is 0 Å². The number of pyridine rings is 1. The number of hydrogen-bond donors (Lipinski definition) is 0. The van der Waals surface area contributed by atoms with Gasteiger partial charge >= 0.3 is 0 Å². The van der Waals surface area contributed by atoms with E-state index in [-0.39, 0.29) is 5.78 Å². The highest BCUT2D eigenvalue weighted by Crippen LogP contribution is 2.29. The molecule has 1 aliphatic carbocycles. The molecule has 2 nitrogen and oxygen atoms in total. The zero-order chi connectivity index (χ0) is 11.7. The van der Waals surface area contributed by atoms with Crippen molar-refractivity contribution in [2.45, 2.75) is 12.8 Å². The van der Waals surface area contributed by atoms with E-state index >= 15 is 0 Å². The Morgan fingerprint density at radius 2 is 2.18 bits per heavy atom. The molecule has 1 aliphatic rings. The third-order valence-electron chi connectivity index (χ3n) is 2.91. The first-order valence-corrected chi connectivity index (χ1v) is 6.45. The SMILES string of the molecule is O=C1C(=Cc2ccccn2)CCc2sccc21. The molecule has 2 aromatic rings. The second-order valence-corrected chi connectivity index (χ2v) is 5.01. The second-order valence-electron chi connectivity index (χ2n) is 4.01. The number of nitrogens with zero attached hydrogens (tertiary/aromatic N) is 1. The quantitative estimate of drug-likeness (QED) is 0.717. The maximum atomic E-state index is 12.2. The van der Waals surface area contributed by atoms with Crippen molar-refractivity contribution >= 4 is 23.2 Å². The average Bonchev–Trinajstić information content (AvgIpc) is 2.83. The summed E-state index contributed by atoms with van der Waals surface area (Å²) in [4.78, 5) is 17.6. The average molecular weight is 241 g/mol. The Kier molecular flexibility index (Phi) is 2.61. The highest BCUT2D eigenvalue weighted by atomic mass is 32.1. The van der Waals surface area contributed by atoms with E-state index in [1.165, 1.54) is 4.88 Å². The summed E-state index contributed by atoms with van der Waals surface area (Å²) in [6.45, 7) is 0. The Bertz CT molecular complexity index is 583. The summed E-state index contributed by atoms with van der Waals surface area (Å²) in [6.07, 6.45) is 5.44. The summed E-state index contributed by atoms with van der Waals surface area (Å²) in [5.41, 5.74) is 2.60. The zero-order valence-electron chi connectivity index (χ0n) is 9.22. The van der Waals surface area contributed by atoms with Crippen LogP contribution in [-0.4, -0.2) is 10.8 Å². The molecule has 0 bridgehead atoms. The first-order chi connectivity index (χ1) is 8.34. The van der Waals surface area contributed by atoms with Crippen molar-refractivity contribution in [1.29, 1.82) is 0 Å². The van der Waals surface area contributed by atoms with Gasteiger partial charge in [0.15, 0.2) is 5.78 Å². The molecule has 0 amide bonds. The summed E-state index contributed by atoms with van der Waals surface area (Å²) in [5, 5.41) is 1.99. The molecule has 0 saturated heterocycles. The number of fused-ring (bicyclic) bond motifs is 1. The maximum Gasteiger partial charge on any atom is 0.190 e. The molecule has 0 atom stereocenters. The monoisotopic (exact) mass is 241 g/mol. The predicted molar refractivity (Wildman–Crippen MR) is 69.2 cm³/mol. The van der Waals surface area contributed by atoms with Gasteiger partial charge in [0, 0.05) is 22.2 Å². The van der Waals surface area contributed by atoms with Crippen LogP contribution in [0.4, 0.5) is 0 Å². The summed E-state index contributed by atoms with van der Waals surface area (Å²) in [7, 11) is 0. The number of thiophene rings is 1. The van der Waals surface area contributed by atoms with E-state index in [9.17, 15) is 4.79 Å². The molecular weight excluding hydrogens is 230 g/mol. The van der Waals surface area contributed by atoms with Crippen LogP contribution >= 0.6 is 11.3 Å². The van der Waals surface area contributed by atoms with Crippen molar-refractivity contribution < 1.29 is 4.79 Å². The lowest BCUT2D eigenvalue weighted by Gasteiger charge is -2.13. The van der Waals surface area contributed by atoms with Crippen molar-refractivity contribution in [1.82, 2.24) is 4.98 Å². The van der Waals surface area contributed by atoms with E-state index in [0.29, 0.717) is 0 Å². The van der Waals surface area contributed by atoms with E-state index in [1.54, 1.807) is 17.5 Å². The van der Waals surface area contributed by atoms with Crippen LogP contribution in [0, 0.1) is 0 Å². The smallest absolute Gasteiger partial charge is 0.190 e. The Morgan fingerprint density at radius 3 is 3.00 bits per heavy atom. The van der Waals surface area contributed by atoms with Crippen LogP contribution in [-0.2, 0) is 6.42 Å². The molecule has 17 heavy (non-hydrogen) atoms. The van der Waals surface area contributed by atoms with Crippen molar-refractivity contribution in [2.24, 2.45) is 0 Å². The van der Waals surface area contributed by atoms with Crippen molar-refractivity contribution in [2.75, 3.05) is 0 Å². The van der Waals surface area contributed by atoms with Crippen molar-refractivity contribution in [3.05, 3.63) is 57.6 Å². The lowest BCUT2D eigenvalue weighted by Crippen LogP contribution is -2.11. The predicted octanol–water partition coefficient (Wildman–Crippen LogP) is 3.36. The Labute approximate surface area is 104 Å². The number of carbonyl (C=O) groups excluding carboxylic acids is 1. The van der Waals surface area contributed by atoms with Crippen LogP contribution < -0.4 is 0 Å². The molecule has 3 heteroatoms. The first-order valence-electron chi connectivity index (χ1n) is 5.57. The molecule has 0 spiro atoms. The first kappa shape index (κ1) is 10.4. The molecule has 3 rings (SSSR count). The van der Waals surface area contributed by atoms with Gasteiger partial charge in [-0.15, -0.1) is 11.3 Å². The fourth-order valence-electron chi connectivity index (χ4n) is 2.05. The molecule has 0 aliphatic heterocycles. The Balaban J connectivity index is 1.97. The van der Waals surface area contributed by atoms with Crippen LogP contribution in [0.15, 0.2) is 41.4 Å². The second kappa shape index (κ2) is 4.26. The minimum absolute atomic E-state index is 0.165. The number of allylic oxidation sites excluding steroid dienone is 1. The van der Waals surface area contributed by atoms with Gasteiger partial charge in [-0.1, -0.05) is 6.07 Å². The normalized spacial score (nSPS) is 17.2. The topological polar surface area (TPSA) is 30.0 Å². The van der Waals surface area contributed by atoms with Gasteiger partial charge in [0.1, 0.15) is 0 Å². The minimum atomic E-state index is 0.165. The third kappa shape index (κ3) is 1.94. The molecule has 0 N–H and O–H groups in total. The van der Waals surface area contributed by atoms with Crippen LogP contribution in [0.1, 0.15) is 27.3 Å². The van der Waals surface area contributed by atoms with E-state index in [4.69, 9.17) is 0 Å².